The molecule has 2 N–H and O–H groups in total. The van der Waals surface area contributed by atoms with Gasteiger partial charge in [0, 0.05) is 5.69 Å². The smallest absolute Gasteiger partial charge is 0.126 e. The van der Waals surface area contributed by atoms with E-state index in [1.54, 1.807) is 0 Å². The van der Waals surface area contributed by atoms with Gasteiger partial charge in [0.2, 0.25) is 0 Å². The molecular weight excluding hydrogens is 198 g/mol. The molecule has 16 heavy (non-hydrogen) atoms. The minimum absolute atomic E-state index is 0.433. The Kier molecular flexibility index (Phi) is 4.22. The second kappa shape index (κ2) is 5.24. The molecule has 0 saturated carbocycles. The fraction of sp³-hybridized carbons (Fsp3) is 0.571. The van der Waals surface area contributed by atoms with Gasteiger partial charge in [0.05, 0.1) is 6.61 Å². The molecule has 0 saturated heterocycles. The van der Waals surface area contributed by atoms with Crippen molar-refractivity contribution in [1.29, 1.82) is 0 Å². The predicted molar refractivity (Wildman–Crippen MR) is 70.2 cm³/mol. The van der Waals surface area contributed by atoms with E-state index in [0.29, 0.717) is 18.4 Å². The molecule has 2 nitrogen and oxygen atoms in total. The van der Waals surface area contributed by atoms with Crippen molar-refractivity contribution < 1.29 is 4.74 Å². The fourth-order valence-electron chi connectivity index (χ4n) is 1.87. The first-order chi connectivity index (χ1) is 7.47. The average molecular weight is 221 g/mol. The minimum Gasteiger partial charge on any atom is -0.493 e. The van der Waals surface area contributed by atoms with Crippen molar-refractivity contribution in [3.05, 3.63) is 23.3 Å². The van der Waals surface area contributed by atoms with E-state index in [1.807, 2.05) is 19.1 Å². The first kappa shape index (κ1) is 12.9. The Morgan fingerprint density at radius 2 is 1.50 bits per heavy atom. The van der Waals surface area contributed by atoms with Gasteiger partial charge in [-0.05, 0) is 42.0 Å². The maximum Gasteiger partial charge on any atom is 0.126 e. The highest BCUT2D eigenvalue weighted by molar-refractivity contribution is 5.55. The van der Waals surface area contributed by atoms with E-state index in [9.17, 15) is 0 Å². The van der Waals surface area contributed by atoms with Gasteiger partial charge in [-0.15, -0.1) is 0 Å². The van der Waals surface area contributed by atoms with Gasteiger partial charge in [-0.1, -0.05) is 27.7 Å². The quantitative estimate of drug-likeness (QED) is 0.782. The maximum absolute atomic E-state index is 5.94. The second-order valence-corrected chi connectivity index (χ2v) is 4.77. The first-order valence-electron chi connectivity index (χ1n) is 6.03. The van der Waals surface area contributed by atoms with Gasteiger partial charge in [-0.25, -0.2) is 0 Å². The van der Waals surface area contributed by atoms with Crippen molar-refractivity contribution in [2.24, 2.45) is 0 Å². The van der Waals surface area contributed by atoms with E-state index in [1.165, 1.54) is 11.1 Å². The Bertz CT molecular complexity index is 327. The standard InChI is InChI=1S/C14H23NO/c1-6-16-14-12(9(2)3)7-11(15)8-13(14)10(4)5/h7-10H,6,15H2,1-5H3. The number of hydrogen-bond donors (Lipinski definition) is 1. The van der Waals surface area contributed by atoms with E-state index in [2.05, 4.69) is 27.7 Å². The number of benzene rings is 1. The summed E-state index contributed by atoms with van der Waals surface area (Å²) in [6, 6.07) is 4.06. The van der Waals surface area contributed by atoms with Crippen LogP contribution in [0.4, 0.5) is 5.69 Å². The summed E-state index contributed by atoms with van der Waals surface area (Å²) in [7, 11) is 0. The van der Waals surface area contributed by atoms with Gasteiger partial charge >= 0.3 is 0 Å². The van der Waals surface area contributed by atoms with Gasteiger partial charge < -0.3 is 10.5 Å². The van der Waals surface area contributed by atoms with Gasteiger partial charge in [0.15, 0.2) is 0 Å². The Morgan fingerprint density at radius 3 is 1.81 bits per heavy atom. The Hall–Kier alpha value is -1.18. The summed E-state index contributed by atoms with van der Waals surface area (Å²) in [5, 5.41) is 0. The Labute approximate surface area is 98.8 Å². The molecule has 0 fully saturated rings. The third-order valence-electron chi connectivity index (χ3n) is 2.70. The molecule has 0 aliphatic heterocycles. The average Bonchev–Trinajstić information content (AvgIpc) is 2.19. The number of rotatable bonds is 4. The number of nitrogen functional groups attached to an aromatic ring is 1. The van der Waals surface area contributed by atoms with Crippen molar-refractivity contribution in [2.75, 3.05) is 12.3 Å². The number of anilines is 1. The molecule has 0 amide bonds. The lowest BCUT2D eigenvalue weighted by Crippen LogP contribution is -2.05. The highest BCUT2D eigenvalue weighted by Gasteiger charge is 2.16. The summed E-state index contributed by atoms with van der Waals surface area (Å²) < 4.78 is 5.79. The van der Waals surface area contributed by atoms with Gasteiger partial charge in [0.25, 0.3) is 0 Å². The molecule has 2 heteroatoms. The monoisotopic (exact) mass is 221 g/mol. The van der Waals surface area contributed by atoms with Crippen LogP contribution < -0.4 is 10.5 Å². The van der Waals surface area contributed by atoms with Crippen LogP contribution in [0.25, 0.3) is 0 Å². The van der Waals surface area contributed by atoms with E-state index < -0.39 is 0 Å². The number of nitrogens with two attached hydrogens (primary N) is 1. The van der Waals surface area contributed by atoms with E-state index in [4.69, 9.17) is 10.5 Å². The molecule has 0 radical (unpaired) electrons. The second-order valence-electron chi connectivity index (χ2n) is 4.77. The van der Waals surface area contributed by atoms with Crippen molar-refractivity contribution in [3.8, 4) is 5.75 Å². The summed E-state index contributed by atoms with van der Waals surface area (Å²) in [5.74, 6) is 1.90. The van der Waals surface area contributed by atoms with Crippen LogP contribution in [-0.4, -0.2) is 6.61 Å². The maximum atomic E-state index is 5.94. The van der Waals surface area contributed by atoms with Crippen LogP contribution in [0.3, 0.4) is 0 Å². The molecule has 90 valence electrons. The van der Waals surface area contributed by atoms with Crippen molar-refractivity contribution in [2.45, 2.75) is 46.5 Å². The van der Waals surface area contributed by atoms with E-state index >= 15 is 0 Å². The molecule has 1 aromatic carbocycles. The predicted octanol–water partition coefficient (Wildman–Crippen LogP) is 3.91. The van der Waals surface area contributed by atoms with Crippen LogP contribution in [0.5, 0.6) is 5.75 Å². The fourth-order valence-corrected chi connectivity index (χ4v) is 1.87. The van der Waals surface area contributed by atoms with Gasteiger partial charge in [0.1, 0.15) is 5.75 Å². The third kappa shape index (κ3) is 2.69. The summed E-state index contributed by atoms with van der Waals surface area (Å²) in [6.45, 7) is 11.4. The first-order valence-corrected chi connectivity index (χ1v) is 6.03. The molecule has 0 aromatic heterocycles. The van der Waals surface area contributed by atoms with Crippen LogP contribution in [-0.2, 0) is 0 Å². The SMILES string of the molecule is CCOc1c(C(C)C)cc(N)cc1C(C)C. The summed E-state index contributed by atoms with van der Waals surface area (Å²) >= 11 is 0. The van der Waals surface area contributed by atoms with Gasteiger partial charge in [-0.3, -0.25) is 0 Å². The minimum atomic E-state index is 0.433. The lowest BCUT2D eigenvalue weighted by molar-refractivity contribution is 0.330. The van der Waals surface area contributed by atoms with Crippen LogP contribution >= 0.6 is 0 Å². The number of ether oxygens (including phenoxy) is 1. The summed E-state index contributed by atoms with van der Waals surface area (Å²) in [5.41, 5.74) is 9.20. The zero-order valence-corrected chi connectivity index (χ0v) is 11.0. The zero-order valence-electron chi connectivity index (χ0n) is 11.0. The largest absolute Gasteiger partial charge is 0.493 e. The number of hydrogen-bond acceptors (Lipinski definition) is 2. The summed E-state index contributed by atoms with van der Waals surface area (Å²) in [6.07, 6.45) is 0. The topological polar surface area (TPSA) is 35.2 Å². The summed E-state index contributed by atoms with van der Waals surface area (Å²) in [4.78, 5) is 0. The van der Waals surface area contributed by atoms with Crippen molar-refractivity contribution in [3.63, 3.8) is 0 Å². The zero-order chi connectivity index (χ0) is 12.3. The van der Waals surface area contributed by atoms with Crippen LogP contribution in [0.2, 0.25) is 0 Å². The molecule has 0 spiro atoms. The normalized spacial score (nSPS) is 11.2. The molecule has 0 unspecified atom stereocenters. The highest BCUT2D eigenvalue weighted by Crippen LogP contribution is 2.36. The molecule has 0 heterocycles. The van der Waals surface area contributed by atoms with Crippen molar-refractivity contribution >= 4 is 5.69 Å². The molecule has 0 bridgehead atoms. The van der Waals surface area contributed by atoms with E-state index in [0.717, 1.165) is 11.4 Å². The van der Waals surface area contributed by atoms with E-state index in [-0.39, 0.29) is 0 Å². The lowest BCUT2D eigenvalue weighted by Gasteiger charge is -2.20. The molecular formula is C14H23NO. The van der Waals surface area contributed by atoms with Crippen molar-refractivity contribution in [1.82, 2.24) is 0 Å². The van der Waals surface area contributed by atoms with Crippen LogP contribution in [0.1, 0.15) is 57.6 Å². The van der Waals surface area contributed by atoms with Crippen LogP contribution in [0.15, 0.2) is 12.1 Å². The van der Waals surface area contributed by atoms with Gasteiger partial charge in [-0.2, -0.15) is 0 Å². The highest BCUT2D eigenvalue weighted by atomic mass is 16.5. The third-order valence-corrected chi connectivity index (χ3v) is 2.70. The Balaban J connectivity index is 3.35. The molecule has 1 aromatic rings. The molecule has 0 aliphatic rings. The Morgan fingerprint density at radius 1 is 1.06 bits per heavy atom. The van der Waals surface area contributed by atoms with Crippen LogP contribution in [0, 0.1) is 0 Å². The molecule has 0 atom stereocenters. The molecule has 1 rings (SSSR count). The molecule has 0 aliphatic carbocycles. The lowest BCUT2D eigenvalue weighted by atomic mass is 9.93.